The van der Waals surface area contributed by atoms with Crippen LogP contribution in [0.4, 0.5) is 0 Å². The Hall–Kier alpha value is 0.0500. The quantitative estimate of drug-likeness (QED) is 0.384. The van der Waals surface area contributed by atoms with Crippen molar-refractivity contribution in [1.29, 1.82) is 0 Å². The molecule has 0 aromatic heterocycles. The predicted octanol–water partition coefficient (Wildman–Crippen LogP) is 3.13. The first-order chi connectivity index (χ1) is 6.18. The summed E-state index contributed by atoms with van der Waals surface area (Å²) in [6, 6.07) is 0. The molecule has 1 N–H and O–H groups in total. The Kier molecular flexibility index (Phi) is 14.4. The summed E-state index contributed by atoms with van der Waals surface area (Å²) < 4.78 is 0. The molecular formula is C11H25NS. The molecule has 2 heteroatoms. The van der Waals surface area contributed by atoms with Crippen LogP contribution in [0.2, 0.25) is 0 Å². The van der Waals surface area contributed by atoms with Crippen molar-refractivity contribution in [3.05, 3.63) is 12.2 Å². The normalized spacial score (nSPS) is 9.38. The van der Waals surface area contributed by atoms with Gasteiger partial charge in [-0.3, -0.25) is 0 Å². The second-order valence-corrected chi connectivity index (χ2v) is 3.27. The van der Waals surface area contributed by atoms with E-state index in [0.717, 1.165) is 13.1 Å². The maximum absolute atomic E-state index is 4.02. The molecule has 0 saturated heterocycles. The fraction of sp³-hybridized carbons (Fsp3) is 0.818. The fourth-order valence-corrected chi connectivity index (χ4v) is 0.906. The summed E-state index contributed by atoms with van der Waals surface area (Å²) in [4.78, 5) is 0. The number of thiol groups is 1. The zero-order chi connectivity index (χ0) is 10.7. The molecule has 0 atom stereocenters. The molecule has 13 heavy (non-hydrogen) atoms. The van der Waals surface area contributed by atoms with E-state index in [1.54, 1.807) is 6.26 Å². The minimum Gasteiger partial charge on any atom is -0.317 e. The van der Waals surface area contributed by atoms with Crippen LogP contribution >= 0.6 is 12.6 Å². The number of hydrogen-bond acceptors (Lipinski definition) is 2. The van der Waals surface area contributed by atoms with Crippen molar-refractivity contribution >= 4 is 12.6 Å². The summed E-state index contributed by atoms with van der Waals surface area (Å²) in [5.74, 6) is 0.650. The summed E-state index contributed by atoms with van der Waals surface area (Å²) in [5, 5.41) is 3.30. The summed E-state index contributed by atoms with van der Waals surface area (Å²) in [5.41, 5.74) is 1.38. The van der Waals surface area contributed by atoms with Gasteiger partial charge in [0.25, 0.3) is 0 Å². The van der Waals surface area contributed by atoms with Gasteiger partial charge in [0.2, 0.25) is 0 Å². The molecule has 0 heterocycles. The van der Waals surface area contributed by atoms with Crippen LogP contribution in [0.5, 0.6) is 0 Å². The van der Waals surface area contributed by atoms with Crippen molar-refractivity contribution in [2.24, 2.45) is 5.92 Å². The summed E-state index contributed by atoms with van der Waals surface area (Å²) in [6.45, 7) is 12.8. The standard InChI is InChI=1S/C10H21N.CH4S/c1-5-11-8-6-7-10(4)9(2)3;1-2/h9,11H,4-8H2,1-3H3;2H,1H3. The average molecular weight is 203 g/mol. The number of nitrogens with one attached hydrogen (secondary N) is 1. The van der Waals surface area contributed by atoms with Crippen LogP contribution < -0.4 is 5.32 Å². The maximum atomic E-state index is 4.02. The lowest BCUT2D eigenvalue weighted by molar-refractivity contribution is 0.634. The van der Waals surface area contributed by atoms with Gasteiger partial charge in [-0.25, -0.2) is 0 Å². The van der Waals surface area contributed by atoms with Crippen molar-refractivity contribution < 1.29 is 0 Å². The summed E-state index contributed by atoms with van der Waals surface area (Å²) >= 11 is 3.53. The molecule has 1 nitrogen and oxygen atoms in total. The number of allylic oxidation sites excluding steroid dienone is 1. The van der Waals surface area contributed by atoms with E-state index in [2.05, 4.69) is 45.3 Å². The van der Waals surface area contributed by atoms with Crippen molar-refractivity contribution in [3.8, 4) is 0 Å². The molecule has 0 fully saturated rings. The second-order valence-electron chi connectivity index (χ2n) is 3.27. The highest BCUT2D eigenvalue weighted by Crippen LogP contribution is 2.12. The monoisotopic (exact) mass is 203 g/mol. The minimum atomic E-state index is 0.650. The lowest BCUT2D eigenvalue weighted by Crippen LogP contribution is -2.14. The highest BCUT2D eigenvalue weighted by molar-refractivity contribution is 7.79. The largest absolute Gasteiger partial charge is 0.317 e. The Morgan fingerprint density at radius 2 is 1.92 bits per heavy atom. The van der Waals surface area contributed by atoms with E-state index in [9.17, 15) is 0 Å². The molecule has 0 rings (SSSR count). The summed E-state index contributed by atoms with van der Waals surface area (Å²) in [6.07, 6.45) is 4.09. The molecule has 0 aromatic rings. The Labute approximate surface area is 89.4 Å². The predicted molar refractivity (Wildman–Crippen MR) is 66.7 cm³/mol. The highest BCUT2D eigenvalue weighted by atomic mass is 32.1. The van der Waals surface area contributed by atoms with Crippen LogP contribution in [0.3, 0.4) is 0 Å². The Balaban J connectivity index is 0. The van der Waals surface area contributed by atoms with Gasteiger partial charge in [-0.15, -0.1) is 0 Å². The van der Waals surface area contributed by atoms with Crippen LogP contribution in [-0.4, -0.2) is 19.3 Å². The van der Waals surface area contributed by atoms with Crippen LogP contribution in [0.15, 0.2) is 12.2 Å². The van der Waals surface area contributed by atoms with E-state index in [1.807, 2.05) is 0 Å². The van der Waals surface area contributed by atoms with Crippen molar-refractivity contribution in [2.75, 3.05) is 19.3 Å². The van der Waals surface area contributed by atoms with E-state index in [-0.39, 0.29) is 0 Å². The van der Waals surface area contributed by atoms with Gasteiger partial charge in [0, 0.05) is 0 Å². The molecule has 0 saturated carbocycles. The number of rotatable bonds is 6. The van der Waals surface area contributed by atoms with Gasteiger partial charge in [0.1, 0.15) is 0 Å². The maximum Gasteiger partial charge on any atom is -0.00460 e. The molecule has 0 aromatic carbocycles. The van der Waals surface area contributed by atoms with Crippen molar-refractivity contribution in [1.82, 2.24) is 5.32 Å². The lowest BCUT2D eigenvalue weighted by atomic mass is 10.0. The molecule has 0 aliphatic heterocycles. The molecule has 80 valence electrons. The molecular weight excluding hydrogens is 178 g/mol. The third-order valence-electron chi connectivity index (χ3n) is 1.92. The van der Waals surface area contributed by atoms with Crippen LogP contribution in [0.1, 0.15) is 33.6 Å². The fourth-order valence-electron chi connectivity index (χ4n) is 0.906. The molecule has 0 amide bonds. The first kappa shape index (κ1) is 15.5. The number of hydrogen-bond donors (Lipinski definition) is 2. The molecule has 0 unspecified atom stereocenters. The molecule has 0 radical (unpaired) electrons. The molecule has 0 aliphatic carbocycles. The van der Waals surface area contributed by atoms with Crippen LogP contribution in [0, 0.1) is 5.92 Å². The van der Waals surface area contributed by atoms with Gasteiger partial charge in [0.15, 0.2) is 0 Å². The van der Waals surface area contributed by atoms with Crippen LogP contribution in [0.25, 0.3) is 0 Å². The molecule has 0 aliphatic rings. The zero-order valence-electron chi connectivity index (χ0n) is 9.56. The van der Waals surface area contributed by atoms with Gasteiger partial charge in [-0.1, -0.05) is 32.9 Å². The van der Waals surface area contributed by atoms with Gasteiger partial charge < -0.3 is 5.32 Å². The minimum absolute atomic E-state index is 0.650. The first-order valence-corrected chi connectivity index (χ1v) is 5.91. The molecule has 0 bridgehead atoms. The SMILES string of the molecule is C=C(CCCNCC)C(C)C.CS. The zero-order valence-corrected chi connectivity index (χ0v) is 10.5. The second kappa shape index (κ2) is 12.0. The van der Waals surface area contributed by atoms with Crippen LogP contribution in [-0.2, 0) is 0 Å². The van der Waals surface area contributed by atoms with Crippen molar-refractivity contribution in [3.63, 3.8) is 0 Å². The topological polar surface area (TPSA) is 12.0 Å². The van der Waals surface area contributed by atoms with Gasteiger partial charge in [-0.2, -0.15) is 12.6 Å². The smallest absolute Gasteiger partial charge is 0.00460 e. The third-order valence-corrected chi connectivity index (χ3v) is 1.92. The van der Waals surface area contributed by atoms with E-state index in [4.69, 9.17) is 0 Å². The summed E-state index contributed by atoms with van der Waals surface area (Å²) in [7, 11) is 0. The Morgan fingerprint density at radius 1 is 1.38 bits per heavy atom. The van der Waals surface area contributed by atoms with E-state index < -0.39 is 0 Å². The van der Waals surface area contributed by atoms with Gasteiger partial charge >= 0.3 is 0 Å². The first-order valence-electron chi connectivity index (χ1n) is 5.01. The van der Waals surface area contributed by atoms with Crippen molar-refractivity contribution in [2.45, 2.75) is 33.6 Å². The van der Waals surface area contributed by atoms with E-state index in [0.29, 0.717) is 5.92 Å². The third kappa shape index (κ3) is 12.1. The highest BCUT2D eigenvalue weighted by Gasteiger charge is 1.98. The Bertz CT molecular complexity index is 111. The van der Waals surface area contributed by atoms with E-state index >= 15 is 0 Å². The van der Waals surface area contributed by atoms with E-state index in [1.165, 1.54) is 18.4 Å². The Morgan fingerprint density at radius 3 is 2.31 bits per heavy atom. The van der Waals surface area contributed by atoms with Gasteiger partial charge in [0.05, 0.1) is 0 Å². The van der Waals surface area contributed by atoms with Gasteiger partial charge in [-0.05, 0) is 38.1 Å². The molecule has 0 spiro atoms. The average Bonchev–Trinajstić information content (AvgIpc) is 2.15. The lowest BCUT2D eigenvalue weighted by Gasteiger charge is -2.08.